The molecule has 12 rings (SSSR count). The van der Waals surface area contributed by atoms with Crippen LogP contribution in [0, 0.1) is 0 Å². The van der Waals surface area contributed by atoms with E-state index in [-0.39, 0.29) is 136 Å². The van der Waals surface area contributed by atoms with E-state index in [1.54, 1.807) is 12.1 Å². The predicted molar refractivity (Wildman–Crippen MR) is 326 cm³/mol. The molecule has 0 saturated heterocycles. The summed E-state index contributed by atoms with van der Waals surface area (Å²) in [6, 6.07) is 28.3. The van der Waals surface area contributed by atoms with Gasteiger partial charge >= 0.3 is 0 Å². The van der Waals surface area contributed by atoms with Crippen molar-refractivity contribution in [1.82, 2.24) is 4.90 Å². The van der Waals surface area contributed by atoms with Crippen molar-refractivity contribution in [2.24, 2.45) is 0 Å². The third kappa shape index (κ3) is 10.6. The number of fused-ring (bicyclic) bond motifs is 2. The van der Waals surface area contributed by atoms with Crippen molar-refractivity contribution in [3.63, 3.8) is 0 Å². The predicted octanol–water partition coefficient (Wildman–Crippen LogP) is 11.7. The topological polar surface area (TPSA) is 349 Å². The summed E-state index contributed by atoms with van der Waals surface area (Å²) in [4.78, 5) is 62.2. The van der Waals surface area contributed by atoms with E-state index in [2.05, 4.69) is 0 Å². The normalized spacial score (nSPS) is 13.8. The lowest BCUT2D eigenvalue weighted by Gasteiger charge is -2.34. The quantitative estimate of drug-likeness (QED) is 0.0217. The first-order chi connectivity index (χ1) is 42.6. The minimum Gasteiger partial charge on any atom is -0.457 e. The molecule has 0 aromatic heterocycles. The number of aryl methyl sites for hydroxylation is 1. The number of anilines is 1. The number of aliphatic hydroxyl groups is 1. The number of imide groups is 2. The Morgan fingerprint density at radius 2 is 0.733 bits per heavy atom. The number of aliphatic hydroxyl groups excluding tert-OH is 1. The first-order valence-electron chi connectivity index (χ1n) is 27.4. The highest BCUT2D eigenvalue weighted by Gasteiger charge is 2.43. The van der Waals surface area contributed by atoms with E-state index in [4.69, 9.17) is 18.9 Å². The van der Waals surface area contributed by atoms with Crippen molar-refractivity contribution < 1.29 is 95.1 Å². The Kier molecular flexibility index (Phi) is 15.0. The van der Waals surface area contributed by atoms with Crippen LogP contribution in [-0.2, 0) is 46.9 Å². The standard InChI is InChI=1S/C63H48N2O21S4/c1-4-7-33-8-5-9-42(32(2)3)59(33)65-62(69)45-30-49(85-36-14-22-40(23-15-36)89(77,78)79)55-53-47(83-34-10-18-38(19-11-34)87(71,72)73)28-43-51-44(61(68)64(60(43)67)26-6-27-66)29-48(84-35-12-20-39(21-13-35)88(74,75)76)54(57(51)53)56-50(31-46(63(65)70)52(45)58(55)56)86-37-16-24-41(25-17-37)90(80,81)82/h5,8-25,28-32,66H,4,6-7,26-27H2,1-3H3,(H,71,72,73)(H,74,75,76)(H,77,78,79)(H,80,81,82). The molecule has 4 amide bonds. The average molecular weight is 1300 g/mol. The highest BCUT2D eigenvalue weighted by atomic mass is 32.2. The van der Waals surface area contributed by atoms with E-state index in [9.17, 15) is 57.0 Å². The van der Waals surface area contributed by atoms with E-state index >= 15 is 19.2 Å². The van der Waals surface area contributed by atoms with E-state index in [0.717, 1.165) is 58.3 Å². The fraction of sp³-hybridized carbons (Fsp3) is 0.143. The second kappa shape index (κ2) is 22.3. The maximum Gasteiger partial charge on any atom is 0.294 e. The van der Waals surface area contributed by atoms with Gasteiger partial charge < -0.3 is 24.1 Å². The molecule has 90 heavy (non-hydrogen) atoms. The van der Waals surface area contributed by atoms with Crippen molar-refractivity contribution in [2.75, 3.05) is 18.1 Å². The zero-order valence-corrected chi connectivity index (χ0v) is 50.5. The van der Waals surface area contributed by atoms with Gasteiger partial charge in [-0.15, -0.1) is 0 Å². The zero-order valence-electron chi connectivity index (χ0n) is 47.2. The summed E-state index contributed by atoms with van der Waals surface area (Å²) in [7, 11) is -19.1. The summed E-state index contributed by atoms with van der Waals surface area (Å²) in [5.41, 5.74) is 0.778. The van der Waals surface area contributed by atoms with Crippen LogP contribution in [0.1, 0.15) is 92.1 Å². The summed E-state index contributed by atoms with van der Waals surface area (Å²) in [6.07, 6.45) is 0.907. The first-order valence-corrected chi connectivity index (χ1v) is 33.2. The number of hydrogen-bond acceptors (Lipinski definition) is 17. The molecule has 10 aromatic carbocycles. The molecule has 0 bridgehead atoms. The van der Waals surface area contributed by atoms with Gasteiger partial charge in [-0.05, 0) is 151 Å². The van der Waals surface area contributed by atoms with Crippen LogP contribution in [0.15, 0.2) is 159 Å². The number of benzene rings is 10. The number of rotatable bonds is 19. The van der Waals surface area contributed by atoms with E-state index in [0.29, 0.717) is 24.0 Å². The van der Waals surface area contributed by atoms with E-state index < -0.39 is 90.3 Å². The lowest BCUT2D eigenvalue weighted by atomic mass is 9.80. The summed E-state index contributed by atoms with van der Waals surface area (Å²) >= 11 is 0. The zero-order chi connectivity index (χ0) is 64.3. The molecule has 460 valence electrons. The molecule has 0 atom stereocenters. The Bertz CT molecular complexity index is 4930. The van der Waals surface area contributed by atoms with Crippen LogP contribution in [0.2, 0.25) is 0 Å². The van der Waals surface area contributed by atoms with Crippen molar-refractivity contribution in [2.45, 2.75) is 65.5 Å². The van der Waals surface area contributed by atoms with Crippen LogP contribution >= 0.6 is 0 Å². The molecule has 2 aliphatic rings. The molecule has 23 nitrogen and oxygen atoms in total. The molecule has 0 fully saturated rings. The number of hydrogen-bond donors (Lipinski definition) is 5. The maximum atomic E-state index is 16.1. The van der Waals surface area contributed by atoms with Gasteiger partial charge in [0.05, 0.1) is 47.5 Å². The van der Waals surface area contributed by atoms with Gasteiger partial charge in [-0.2, -0.15) is 33.7 Å². The van der Waals surface area contributed by atoms with Crippen LogP contribution in [-0.4, -0.2) is 98.7 Å². The van der Waals surface area contributed by atoms with Crippen LogP contribution < -0.4 is 23.8 Å². The van der Waals surface area contributed by atoms with Crippen molar-refractivity contribution in [3.05, 3.63) is 173 Å². The van der Waals surface area contributed by atoms with Gasteiger partial charge in [0.2, 0.25) is 0 Å². The molecule has 0 unspecified atom stereocenters. The van der Waals surface area contributed by atoms with Gasteiger partial charge in [-0.3, -0.25) is 42.3 Å². The van der Waals surface area contributed by atoms with Gasteiger partial charge in [0.15, 0.2) is 0 Å². The van der Waals surface area contributed by atoms with Crippen LogP contribution in [0.5, 0.6) is 46.0 Å². The molecule has 27 heteroatoms. The van der Waals surface area contributed by atoms with E-state index in [1.165, 1.54) is 72.8 Å². The van der Waals surface area contributed by atoms with Crippen molar-refractivity contribution >= 4 is 113 Å². The van der Waals surface area contributed by atoms with Crippen LogP contribution in [0.25, 0.3) is 43.1 Å². The minimum atomic E-state index is -4.79. The lowest BCUT2D eigenvalue weighted by molar-refractivity contribution is 0.0600. The Morgan fingerprint density at radius 3 is 1.01 bits per heavy atom. The monoisotopic (exact) mass is 1300 g/mol. The average Bonchev–Trinajstić information content (AvgIpc) is 0.673. The second-order valence-electron chi connectivity index (χ2n) is 21.4. The highest BCUT2D eigenvalue weighted by molar-refractivity contribution is 7.86. The van der Waals surface area contributed by atoms with Gasteiger partial charge in [0.1, 0.15) is 46.0 Å². The number of carbonyl (C=O) groups is 4. The molecular weight excluding hydrogens is 1250 g/mol. The highest BCUT2D eigenvalue weighted by Crippen LogP contribution is 2.58. The number of amides is 4. The minimum absolute atomic E-state index is 0.0539. The van der Waals surface area contributed by atoms with Crippen LogP contribution in [0.3, 0.4) is 0 Å². The third-order valence-corrected chi connectivity index (χ3v) is 18.9. The molecule has 5 N–H and O–H groups in total. The Morgan fingerprint density at radius 1 is 0.422 bits per heavy atom. The summed E-state index contributed by atoms with van der Waals surface area (Å²) in [6.45, 7) is 4.91. The molecule has 0 spiro atoms. The number of nitrogens with zero attached hydrogens (tertiary/aromatic N) is 2. The second-order valence-corrected chi connectivity index (χ2v) is 27.1. The first kappa shape index (κ1) is 60.8. The van der Waals surface area contributed by atoms with Gasteiger partial charge in [-0.25, -0.2) is 4.90 Å². The molecule has 0 aliphatic carbocycles. The summed E-state index contributed by atoms with van der Waals surface area (Å²) in [5, 5.41) is 9.44. The molecule has 2 aliphatic heterocycles. The van der Waals surface area contributed by atoms with Crippen LogP contribution in [0.4, 0.5) is 5.69 Å². The fourth-order valence-electron chi connectivity index (χ4n) is 11.6. The Labute approximate surface area is 512 Å². The Balaban J connectivity index is 1.31. The molecule has 2 heterocycles. The van der Waals surface area contributed by atoms with Crippen molar-refractivity contribution in [1.29, 1.82) is 0 Å². The van der Waals surface area contributed by atoms with E-state index in [1.807, 2.05) is 26.8 Å². The summed E-state index contributed by atoms with van der Waals surface area (Å²) in [5.74, 6) is -5.35. The Hall–Kier alpha value is -9.42. The van der Waals surface area contributed by atoms with Crippen molar-refractivity contribution in [3.8, 4) is 46.0 Å². The number of para-hydroxylation sites is 1. The lowest BCUT2D eigenvalue weighted by Crippen LogP contribution is -2.42. The van der Waals surface area contributed by atoms with Gasteiger partial charge in [-0.1, -0.05) is 45.4 Å². The fourth-order valence-corrected chi connectivity index (χ4v) is 13.5. The largest absolute Gasteiger partial charge is 0.457 e. The molecular formula is C63H48N2O21S4. The number of ether oxygens (including phenoxy) is 4. The van der Waals surface area contributed by atoms with Gasteiger partial charge in [0, 0.05) is 56.2 Å². The smallest absolute Gasteiger partial charge is 0.294 e. The summed E-state index contributed by atoms with van der Waals surface area (Å²) < 4.78 is 166. The maximum absolute atomic E-state index is 16.1. The molecule has 0 saturated carbocycles. The third-order valence-electron chi connectivity index (χ3n) is 15.4. The number of carbonyl (C=O) groups excluding carboxylic acids is 4. The SMILES string of the molecule is CCCc1cccc(C(C)C)c1N1C(=O)c2cc(Oc3ccc(S(=O)(=O)O)cc3)c3c4c(Oc5ccc(S(=O)(=O)O)cc5)cc5c6c(cc(Oc7ccc(S(=O)(=O)O)cc7)c(c7c(Oc8ccc(S(=O)(=O)O)cc8)cc(c2c37)C1=O)c64)C(=O)N(CCCO)C5=O. The molecule has 0 radical (unpaired) electrons. The van der Waals surface area contributed by atoms with Gasteiger partial charge in [0.25, 0.3) is 64.1 Å². The molecule has 10 aromatic rings.